The molecule has 2 aliphatic rings. The topological polar surface area (TPSA) is 27.0 Å². The van der Waals surface area contributed by atoms with Gasteiger partial charge in [0.1, 0.15) is 0 Å². The normalized spacial score (nSPS) is 32.2. The van der Waals surface area contributed by atoms with E-state index in [0.29, 0.717) is 11.6 Å². The van der Waals surface area contributed by atoms with Gasteiger partial charge in [-0.2, -0.15) is 5.26 Å². The summed E-state index contributed by atoms with van der Waals surface area (Å²) in [6.07, 6.45) is 16.2. The van der Waals surface area contributed by atoms with Crippen LogP contribution in [0, 0.1) is 17.2 Å². The minimum atomic E-state index is 0.506. The zero-order valence-corrected chi connectivity index (χ0v) is 14.9. The quantitative estimate of drug-likeness (QED) is 0.440. The summed E-state index contributed by atoms with van der Waals surface area (Å²) in [6, 6.07) is 2.93. The van der Waals surface area contributed by atoms with Gasteiger partial charge in [-0.15, -0.1) is 0 Å². The van der Waals surface area contributed by atoms with Crippen molar-refractivity contribution in [2.75, 3.05) is 7.05 Å². The molecule has 0 spiro atoms. The lowest BCUT2D eigenvalue weighted by atomic mass is 9.85. The van der Waals surface area contributed by atoms with Crippen LogP contribution in [0.4, 0.5) is 0 Å². The highest BCUT2D eigenvalue weighted by Gasteiger charge is 2.52. The van der Waals surface area contributed by atoms with E-state index >= 15 is 0 Å². The number of likely N-dealkylation sites (tertiary alicyclic amines) is 1. The van der Waals surface area contributed by atoms with Crippen LogP contribution in [0.5, 0.6) is 0 Å². The predicted octanol–water partition coefficient (Wildman–Crippen LogP) is 5.45. The Morgan fingerprint density at radius 1 is 1.32 bits per heavy atom. The Hall–Kier alpha value is -0.810. The summed E-state index contributed by atoms with van der Waals surface area (Å²) >= 11 is 0. The molecule has 0 aromatic rings. The summed E-state index contributed by atoms with van der Waals surface area (Å²) in [7, 11) is 2.38. The minimum Gasteiger partial charge on any atom is -0.294 e. The highest BCUT2D eigenvalue weighted by atomic mass is 15.2. The van der Waals surface area contributed by atoms with Crippen LogP contribution in [0.25, 0.3) is 0 Å². The van der Waals surface area contributed by atoms with Gasteiger partial charge in [0.25, 0.3) is 0 Å². The van der Waals surface area contributed by atoms with Crippen molar-refractivity contribution in [1.82, 2.24) is 4.90 Å². The number of likely N-dealkylation sites (N-methyl/N-ethyl adjacent to an activating group) is 1. The van der Waals surface area contributed by atoms with E-state index in [0.717, 1.165) is 18.8 Å². The SMILES string of the molecule is CC=C(CCCCCCC#N)C1CC2CCCC2(CC)N1C. The Morgan fingerprint density at radius 3 is 2.73 bits per heavy atom. The third kappa shape index (κ3) is 3.40. The highest BCUT2D eigenvalue weighted by molar-refractivity contribution is 5.19. The van der Waals surface area contributed by atoms with Gasteiger partial charge in [-0.05, 0) is 64.8 Å². The molecule has 0 radical (unpaired) electrons. The third-order valence-corrected chi connectivity index (χ3v) is 6.52. The zero-order chi connectivity index (χ0) is 16.0. The van der Waals surface area contributed by atoms with Gasteiger partial charge < -0.3 is 0 Å². The number of allylic oxidation sites excluding steroid dienone is 1. The molecule has 3 atom stereocenters. The molecule has 0 N–H and O–H groups in total. The molecular formula is C20H34N2. The fourth-order valence-electron chi connectivity index (χ4n) is 5.17. The molecule has 0 aromatic heterocycles. The second-order valence-corrected chi connectivity index (χ2v) is 7.34. The molecular weight excluding hydrogens is 268 g/mol. The van der Waals surface area contributed by atoms with Crippen molar-refractivity contribution in [3.8, 4) is 6.07 Å². The van der Waals surface area contributed by atoms with Crippen LogP contribution >= 0.6 is 0 Å². The molecule has 0 amide bonds. The molecule has 1 saturated heterocycles. The maximum Gasteiger partial charge on any atom is 0.0621 e. The first-order valence-electron chi connectivity index (χ1n) is 9.44. The van der Waals surface area contributed by atoms with E-state index < -0.39 is 0 Å². The van der Waals surface area contributed by atoms with Crippen molar-refractivity contribution >= 4 is 0 Å². The average Bonchev–Trinajstić information content (AvgIpc) is 3.06. The van der Waals surface area contributed by atoms with Crippen molar-refractivity contribution in [3.05, 3.63) is 11.6 Å². The second kappa shape index (κ2) is 8.16. The van der Waals surface area contributed by atoms with E-state index in [9.17, 15) is 0 Å². The summed E-state index contributed by atoms with van der Waals surface area (Å²) < 4.78 is 0. The van der Waals surface area contributed by atoms with Gasteiger partial charge in [-0.25, -0.2) is 0 Å². The lowest BCUT2D eigenvalue weighted by Gasteiger charge is -2.38. The zero-order valence-electron chi connectivity index (χ0n) is 14.9. The van der Waals surface area contributed by atoms with Gasteiger partial charge in [-0.3, -0.25) is 4.90 Å². The van der Waals surface area contributed by atoms with Crippen LogP contribution < -0.4 is 0 Å². The Balaban J connectivity index is 1.86. The lowest BCUT2D eigenvalue weighted by Crippen LogP contribution is -2.45. The van der Waals surface area contributed by atoms with E-state index in [4.69, 9.17) is 5.26 Å². The fourth-order valence-corrected chi connectivity index (χ4v) is 5.17. The molecule has 2 rings (SSSR count). The first-order valence-corrected chi connectivity index (χ1v) is 9.44. The van der Waals surface area contributed by atoms with Gasteiger partial charge in [0.05, 0.1) is 6.07 Å². The summed E-state index contributed by atoms with van der Waals surface area (Å²) in [4.78, 5) is 2.75. The number of unbranched alkanes of at least 4 members (excludes halogenated alkanes) is 4. The predicted molar refractivity (Wildman–Crippen MR) is 93.6 cm³/mol. The second-order valence-electron chi connectivity index (χ2n) is 7.34. The molecule has 124 valence electrons. The minimum absolute atomic E-state index is 0.506. The van der Waals surface area contributed by atoms with E-state index in [2.05, 4.69) is 37.9 Å². The number of hydrogen-bond acceptors (Lipinski definition) is 2. The molecule has 1 aliphatic heterocycles. The Morgan fingerprint density at radius 2 is 2.09 bits per heavy atom. The Labute approximate surface area is 137 Å². The van der Waals surface area contributed by atoms with Crippen LogP contribution in [0.15, 0.2) is 11.6 Å². The maximum absolute atomic E-state index is 8.58. The largest absolute Gasteiger partial charge is 0.294 e. The van der Waals surface area contributed by atoms with Crippen molar-refractivity contribution < 1.29 is 0 Å². The maximum atomic E-state index is 8.58. The van der Waals surface area contributed by atoms with Crippen molar-refractivity contribution in [3.63, 3.8) is 0 Å². The molecule has 2 heteroatoms. The summed E-state index contributed by atoms with van der Waals surface area (Å²) in [6.45, 7) is 4.62. The van der Waals surface area contributed by atoms with Crippen LogP contribution in [0.1, 0.15) is 84.5 Å². The number of rotatable bonds is 8. The lowest BCUT2D eigenvalue weighted by molar-refractivity contribution is 0.123. The van der Waals surface area contributed by atoms with Crippen LogP contribution in [-0.2, 0) is 0 Å². The van der Waals surface area contributed by atoms with Gasteiger partial charge in [0.15, 0.2) is 0 Å². The van der Waals surface area contributed by atoms with Gasteiger partial charge >= 0.3 is 0 Å². The molecule has 3 unspecified atom stereocenters. The first-order chi connectivity index (χ1) is 10.7. The Bertz CT molecular complexity index is 420. The summed E-state index contributed by atoms with van der Waals surface area (Å²) in [5.74, 6) is 0.929. The van der Waals surface area contributed by atoms with Gasteiger partial charge in [0, 0.05) is 18.0 Å². The molecule has 2 fully saturated rings. The molecule has 22 heavy (non-hydrogen) atoms. The van der Waals surface area contributed by atoms with E-state index in [-0.39, 0.29) is 0 Å². The number of fused-ring (bicyclic) bond motifs is 1. The first kappa shape index (κ1) is 17.5. The van der Waals surface area contributed by atoms with Crippen LogP contribution in [0.2, 0.25) is 0 Å². The fraction of sp³-hybridized carbons (Fsp3) is 0.850. The number of nitriles is 1. The summed E-state index contributed by atoms with van der Waals surface area (Å²) in [5, 5.41) is 8.58. The number of hydrogen-bond donors (Lipinski definition) is 0. The molecule has 0 aromatic carbocycles. The van der Waals surface area contributed by atoms with Crippen LogP contribution in [0.3, 0.4) is 0 Å². The van der Waals surface area contributed by atoms with E-state index in [1.807, 2.05) is 0 Å². The van der Waals surface area contributed by atoms with Crippen molar-refractivity contribution in [1.29, 1.82) is 5.26 Å². The Kier molecular flexibility index (Phi) is 6.50. The molecule has 1 saturated carbocycles. The van der Waals surface area contributed by atoms with Gasteiger partial charge in [0.2, 0.25) is 0 Å². The van der Waals surface area contributed by atoms with Crippen molar-refractivity contribution in [2.24, 2.45) is 5.92 Å². The number of nitrogens with zero attached hydrogens (tertiary/aromatic N) is 2. The molecule has 1 aliphatic carbocycles. The average molecular weight is 303 g/mol. The monoisotopic (exact) mass is 302 g/mol. The third-order valence-electron chi connectivity index (χ3n) is 6.52. The van der Waals surface area contributed by atoms with Gasteiger partial charge in [-0.1, -0.05) is 37.8 Å². The van der Waals surface area contributed by atoms with Crippen molar-refractivity contribution in [2.45, 2.75) is 96.1 Å². The van der Waals surface area contributed by atoms with E-state index in [1.54, 1.807) is 5.57 Å². The smallest absolute Gasteiger partial charge is 0.0621 e. The highest BCUT2D eigenvalue weighted by Crippen LogP contribution is 2.52. The van der Waals surface area contributed by atoms with E-state index in [1.165, 1.54) is 57.8 Å². The summed E-state index contributed by atoms with van der Waals surface area (Å²) in [5.41, 5.74) is 2.18. The molecule has 1 heterocycles. The molecule has 0 bridgehead atoms. The standard InChI is InChI=1S/C20H34N2/c1-4-17(12-9-7-6-8-10-15-21)19-16-18-13-11-14-20(18,5-2)22(19)3/h4,18-19H,5-14,16H2,1-3H3. The van der Waals surface area contributed by atoms with Crippen LogP contribution in [-0.4, -0.2) is 23.5 Å². The molecule has 2 nitrogen and oxygen atoms in total.